The molecule has 1 aromatic heterocycles. The van der Waals surface area contributed by atoms with Crippen molar-refractivity contribution in [2.75, 3.05) is 13.1 Å². The number of aromatic nitrogens is 1. The van der Waals surface area contributed by atoms with Crippen LogP contribution in [0.15, 0.2) is 29.8 Å². The fraction of sp³-hybridized carbons (Fsp3) is 0.385. The molecule has 7 nitrogen and oxygen atoms in total. The lowest BCUT2D eigenvalue weighted by molar-refractivity contribution is -0.420. The summed E-state index contributed by atoms with van der Waals surface area (Å²) in [6, 6.07) is 3.04. The van der Waals surface area contributed by atoms with Crippen LogP contribution in [0.3, 0.4) is 0 Å². The summed E-state index contributed by atoms with van der Waals surface area (Å²) in [5, 5.41) is 11.6. The summed E-state index contributed by atoms with van der Waals surface area (Å²) in [6.07, 6.45) is 1.64. The number of pyridine rings is 1. The first-order chi connectivity index (χ1) is 9.99. The molecule has 1 fully saturated rings. The van der Waals surface area contributed by atoms with Gasteiger partial charge in [-0.05, 0) is 18.6 Å². The van der Waals surface area contributed by atoms with E-state index in [1.807, 2.05) is 11.0 Å². The van der Waals surface area contributed by atoms with E-state index in [2.05, 4.69) is 4.98 Å². The van der Waals surface area contributed by atoms with Crippen LogP contribution in [0.1, 0.15) is 12.5 Å². The molecule has 1 unspecified atom stereocenters. The topological polar surface area (TPSA) is 79.6 Å². The van der Waals surface area contributed by atoms with Gasteiger partial charge >= 0.3 is 5.70 Å². The molecule has 2 aliphatic heterocycles. The largest absolute Gasteiger partial charge is 0.354 e. The van der Waals surface area contributed by atoms with Crippen LogP contribution < -0.4 is 0 Å². The lowest BCUT2D eigenvalue weighted by atomic mass is 10.2. The maximum atomic E-state index is 12.0. The Bertz CT molecular complexity index is 643. The van der Waals surface area contributed by atoms with Crippen LogP contribution >= 0.6 is 11.6 Å². The van der Waals surface area contributed by atoms with Gasteiger partial charge in [-0.2, -0.15) is 0 Å². The molecule has 0 radical (unpaired) electrons. The smallest absolute Gasteiger partial charge is 0.346 e. The first-order valence-corrected chi connectivity index (χ1v) is 6.91. The molecule has 110 valence electrons. The molecule has 21 heavy (non-hydrogen) atoms. The molecular formula is C13H13ClN4O3. The SMILES string of the molecule is CC1C(=O)C([N+](=O)[O-])=C2N(Cc3ccc(Cl)nc3)CCN21. The number of carbonyl (C=O) groups excluding carboxylic acids is 1. The number of nitrogens with zero attached hydrogens (tertiary/aromatic N) is 4. The normalized spacial score (nSPS) is 21.2. The maximum Gasteiger partial charge on any atom is 0.354 e. The van der Waals surface area contributed by atoms with Crippen LogP contribution in [0.25, 0.3) is 0 Å². The number of rotatable bonds is 3. The summed E-state index contributed by atoms with van der Waals surface area (Å²) in [4.78, 5) is 30.3. The Balaban J connectivity index is 1.92. The second-order valence-corrected chi connectivity index (χ2v) is 5.46. The van der Waals surface area contributed by atoms with Crippen molar-refractivity contribution >= 4 is 17.4 Å². The van der Waals surface area contributed by atoms with Gasteiger partial charge in [-0.1, -0.05) is 17.7 Å². The third kappa shape index (κ3) is 2.23. The molecule has 8 heteroatoms. The molecule has 0 aliphatic carbocycles. The zero-order valence-electron chi connectivity index (χ0n) is 11.3. The zero-order chi connectivity index (χ0) is 15.1. The lowest BCUT2D eigenvalue weighted by Gasteiger charge is -2.20. The summed E-state index contributed by atoms with van der Waals surface area (Å²) in [7, 11) is 0. The maximum absolute atomic E-state index is 12.0. The lowest BCUT2D eigenvalue weighted by Crippen LogP contribution is -2.30. The summed E-state index contributed by atoms with van der Waals surface area (Å²) in [6.45, 7) is 3.42. The average Bonchev–Trinajstić information content (AvgIpc) is 2.94. The van der Waals surface area contributed by atoms with Crippen molar-refractivity contribution < 1.29 is 9.72 Å². The number of carbonyl (C=O) groups is 1. The molecule has 1 atom stereocenters. The Morgan fingerprint density at radius 1 is 1.48 bits per heavy atom. The monoisotopic (exact) mass is 308 g/mol. The predicted octanol–water partition coefficient (Wildman–Crippen LogP) is 1.27. The fourth-order valence-corrected chi connectivity index (χ4v) is 2.89. The fourth-order valence-electron chi connectivity index (χ4n) is 2.78. The number of fused-ring (bicyclic) bond motifs is 1. The van der Waals surface area contributed by atoms with Crippen LogP contribution in [-0.4, -0.2) is 44.6 Å². The molecule has 1 saturated heterocycles. The Hall–Kier alpha value is -2.15. The van der Waals surface area contributed by atoms with Gasteiger partial charge in [0.15, 0.2) is 5.82 Å². The average molecular weight is 309 g/mol. The molecule has 0 saturated carbocycles. The van der Waals surface area contributed by atoms with E-state index in [1.54, 1.807) is 24.1 Å². The minimum atomic E-state index is -0.577. The highest BCUT2D eigenvalue weighted by Crippen LogP contribution is 2.33. The first kappa shape index (κ1) is 13.8. The van der Waals surface area contributed by atoms with Gasteiger partial charge < -0.3 is 9.80 Å². The van der Waals surface area contributed by atoms with Crippen LogP contribution in [-0.2, 0) is 11.3 Å². The molecule has 0 spiro atoms. The third-order valence-electron chi connectivity index (χ3n) is 3.82. The van der Waals surface area contributed by atoms with Gasteiger partial charge in [0, 0.05) is 25.8 Å². The van der Waals surface area contributed by atoms with Crippen molar-refractivity contribution in [1.82, 2.24) is 14.8 Å². The zero-order valence-corrected chi connectivity index (χ0v) is 12.1. The minimum Gasteiger partial charge on any atom is -0.346 e. The van der Waals surface area contributed by atoms with Crippen molar-refractivity contribution in [1.29, 1.82) is 0 Å². The second kappa shape index (κ2) is 5.00. The minimum absolute atomic E-state index is 0.304. The van der Waals surface area contributed by atoms with E-state index in [9.17, 15) is 14.9 Å². The highest BCUT2D eigenvalue weighted by molar-refractivity contribution is 6.29. The molecule has 0 amide bonds. The molecule has 3 rings (SSSR count). The van der Waals surface area contributed by atoms with Crippen molar-refractivity contribution in [2.24, 2.45) is 0 Å². The highest BCUT2D eigenvalue weighted by atomic mass is 35.5. The van der Waals surface area contributed by atoms with Gasteiger partial charge in [0.1, 0.15) is 5.15 Å². The molecule has 3 heterocycles. The predicted molar refractivity (Wildman–Crippen MR) is 74.9 cm³/mol. The van der Waals surface area contributed by atoms with E-state index in [0.29, 0.717) is 30.6 Å². The summed E-state index contributed by atoms with van der Waals surface area (Å²) >= 11 is 5.74. The van der Waals surface area contributed by atoms with Crippen molar-refractivity contribution in [3.8, 4) is 0 Å². The van der Waals surface area contributed by atoms with Crippen molar-refractivity contribution in [3.63, 3.8) is 0 Å². The quantitative estimate of drug-likeness (QED) is 0.475. The highest BCUT2D eigenvalue weighted by Gasteiger charge is 2.49. The molecule has 0 aromatic carbocycles. The Morgan fingerprint density at radius 3 is 2.86 bits per heavy atom. The van der Waals surface area contributed by atoms with E-state index >= 15 is 0 Å². The number of hydrogen-bond donors (Lipinski definition) is 0. The summed E-state index contributed by atoms with van der Waals surface area (Å²) in [5.74, 6) is 0.00128. The van der Waals surface area contributed by atoms with Gasteiger partial charge in [0.05, 0.1) is 11.0 Å². The summed E-state index contributed by atoms with van der Waals surface area (Å²) < 4.78 is 0. The van der Waals surface area contributed by atoms with E-state index in [-0.39, 0.29) is 5.70 Å². The molecule has 1 aromatic rings. The van der Waals surface area contributed by atoms with E-state index in [4.69, 9.17) is 11.6 Å². The Morgan fingerprint density at radius 2 is 2.24 bits per heavy atom. The summed E-state index contributed by atoms with van der Waals surface area (Å²) in [5.41, 5.74) is 0.588. The molecule has 0 bridgehead atoms. The van der Waals surface area contributed by atoms with Crippen LogP contribution in [0.2, 0.25) is 5.15 Å². The van der Waals surface area contributed by atoms with Gasteiger partial charge in [0.25, 0.3) is 5.78 Å². The first-order valence-electron chi connectivity index (χ1n) is 6.54. The van der Waals surface area contributed by atoms with Crippen LogP contribution in [0.4, 0.5) is 0 Å². The van der Waals surface area contributed by atoms with Crippen LogP contribution in [0, 0.1) is 10.1 Å². The van der Waals surface area contributed by atoms with Gasteiger partial charge in [0.2, 0.25) is 0 Å². The van der Waals surface area contributed by atoms with E-state index in [0.717, 1.165) is 5.56 Å². The molecular weight excluding hydrogens is 296 g/mol. The van der Waals surface area contributed by atoms with Crippen molar-refractivity contribution in [2.45, 2.75) is 19.5 Å². The van der Waals surface area contributed by atoms with E-state index < -0.39 is 16.7 Å². The second-order valence-electron chi connectivity index (χ2n) is 5.07. The molecule has 0 N–H and O–H groups in total. The number of Topliss-reactive ketones (excluding diaryl/α,β-unsaturated/α-hetero) is 1. The van der Waals surface area contributed by atoms with Gasteiger partial charge in [-0.15, -0.1) is 0 Å². The van der Waals surface area contributed by atoms with Gasteiger partial charge in [-0.3, -0.25) is 14.9 Å². The van der Waals surface area contributed by atoms with Crippen molar-refractivity contribution in [3.05, 3.63) is 50.7 Å². The number of hydrogen-bond acceptors (Lipinski definition) is 6. The number of ketones is 1. The van der Waals surface area contributed by atoms with E-state index in [1.165, 1.54) is 0 Å². The standard InChI is InChI=1S/C13H13ClN4O3/c1-8-12(19)11(18(20)21)13-16(4-5-17(8)13)7-9-2-3-10(14)15-6-9/h2-3,6,8H,4-5,7H2,1H3. The number of halogens is 1. The van der Waals surface area contributed by atoms with Gasteiger partial charge in [-0.25, -0.2) is 4.98 Å². The Kier molecular flexibility index (Phi) is 3.29. The molecule has 2 aliphatic rings. The number of nitro groups is 1. The van der Waals surface area contributed by atoms with Crippen LogP contribution in [0.5, 0.6) is 0 Å². The Labute approximate surface area is 126 Å². The third-order valence-corrected chi connectivity index (χ3v) is 4.04.